The van der Waals surface area contributed by atoms with Crippen LogP contribution in [0.5, 0.6) is 0 Å². The van der Waals surface area contributed by atoms with E-state index in [-0.39, 0.29) is 29.1 Å². The number of nitrogens with two attached hydrogens (primary N) is 2. The quantitative estimate of drug-likeness (QED) is 0.635. The number of ether oxygens (including phenoxy) is 1. The molecule has 0 unspecified atom stereocenters. The Labute approximate surface area is 183 Å². The van der Waals surface area contributed by atoms with Gasteiger partial charge in [-0.2, -0.15) is 0 Å². The molecule has 2 saturated heterocycles. The predicted octanol–water partition coefficient (Wildman–Crippen LogP) is 2.29. The molecule has 4 rings (SSSR count). The van der Waals surface area contributed by atoms with Crippen molar-refractivity contribution in [3.8, 4) is 0 Å². The van der Waals surface area contributed by atoms with Crippen LogP contribution in [0.3, 0.4) is 0 Å². The van der Waals surface area contributed by atoms with Crippen molar-refractivity contribution in [2.45, 2.75) is 41.8 Å². The zero-order valence-corrected chi connectivity index (χ0v) is 18.0. The van der Waals surface area contributed by atoms with Crippen molar-refractivity contribution in [3.05, 3.63) is 29.2 Å². The van der Waals surface area contributed by atoms with Crippen LogP contribution in [0.2, 0.25) is 5.02 Å². The molecule has 11 heteroatoms. The molecule has 0 saturated carbocycles. The number of piperidine rings is 1. The largest absolute Gasteiger partial charge is 0.476 e. The lowest BCUT2D eigenvalue weighted by Crippen LogP contribution is -2.51. The van der Waals surface area contributed by atoms with E-state index < -0.39 is 5.97 Å². The Morgan fingerprint density at radius 3 is 2.77 bits per heavy atom. The van der Waals surface area contributed by atoms with Gasteiger partial charge in [-0.3, -0.25) is 0 Å². The van der Waals surface area contributed by atoms with Crippen molar-refractivity contribution in [1.29, 1.82) is 0 Å². The third kappa shape index (κ3) is 3.80. The number of carboxylic acids is 1. The number of hydrogen-bond donors (Lipinski definition) is 3. The van der Waals surface area contributed by atoms with E-state index in [1.807, 2.05) is 11.8 Å². The molecule has 30 heavy (non-hydrogen) atoms. The number of aromatic nitrogens is 3. The van der Waals surface area contributed by atoms with Crippen molar-refractivity contribution >= 4 is 41.0 Å². The molecule has 5 N–H and O–H groups in total. The molecule has 4 heterocycles. The molecule has 9 nitrogen and oxygen atoms in total. The molecule has 2 aromatic rings. The number of halogens is 1. The third-order valence-electron chi connectivity index (χ3n) is 5.93. The second-order valence-corrected chi connectivity index (χ2v) is 9.13. The fourth-order valence-corrected chi connectivity index (χ4v) is 5.08. The lowest BCUT2D eigenvalue weighted by molar-refractivity contribution is 0.0689. The van der Waals surface area contributed by atoms with E-state index in [4.69, 9.17) is 27.8 Å². The van der Waals surface area contributed by atoms with Crippen LogP contribution in [-0.4, -0.2) is 57.9 Å². The highest BCUT2D eigenvalue weighted by Gasteiger charge is 2.47. The van der Waals surface area contributed by atoms with E-state index in [0.29, 0.717) is 40.5 Å². The van der Waals surface area contributed by atoms with Gasteiger partial charge in [-0.15, -0.1) is 0 Å². The highest BCUT2D eigenvalue weighted by Crippen LogP contribution is 2.42. The Morgan fingerprint density at radius 1 is 1.40 bits per heavy atom. The van der Waals surface area contributed by atoms with Gasteiger partial charge in [-0.05, 0) is 25.8 Å². The van der Waals surface area contributed by atoms with E-state index >= 15 is 0 Å². The lowest BCUT2D eigenvalue weighted by atomic mass is 9.73. The minimum absolute atomic E-state index is 0.0130. The zero-order valence-electron chi connectivity index (χ0n) is 16.4. The van der Waals surface area contributed by atoms with Crippen LogP contribution in [-0.2, 0) is 4.74 Å². The van der Waals surface area contributed by atoms with Crippen LogP contribution in [0.1, 0.15) is 30.3 Å². The summed E-state index contributed by atoms with van der Waals surface area (Å²) in [7, 11) is 0. The number of nitrogens with zero attached hydrogens (tertiary/aromatic N) is 4. The van der Waals surface area contributed by atoms with E-state index in [0.717, 1.165) is 12.8 Å². The molecule has 2 aliphatic heterocycles. The first-order valence-electron chi connectivity index (χ1n) is 9.61. The predicted molar refractivity (Wildman–Crippen MR) is 114 cm³/mol. The third-order valence-corrected chi connectivity index (χ3v) is 7.41. The van der Waals surface area contributed by atoms with Crippen LogP contribution in [0.4, 0.5) is 11.6 Å². The standard InChI is InChI=1S/C19H23ClN6O3S/c1-10-15(21)19(9-29-10)3-6-26(7-4-19)17-14(18(27)28)25-12(8-24-17)30-11-2-5-23-16(22)13(11)20/h2,5,8,10,15H,3-4,6-7,9,21H2,1H3,(H2,22,23)(H,27,28)/t10-,15+/m0/s1. The smallest absolute Gasteiger partial charge is 0.358 e. The van der Waals surface area contributed by atoms with Gasteiger partial charge in [-0.1, -0.05) is 23.4 Å². The fourth-order valence-electron chi connectivity index (χ4n) is 4.06. The molecular weight excluding hydrogens is 428 g/mol. The van der Waals surface area contributed by atoms with Gasteiger partial charge in [-0.25, -0.2) is 19.7 Å². The van der Waals surface area contributed by atoms with Gasteiger partial charge >= 0.3 is 5.97 Å². The maximum absolute atomic E-state index is 11.9. The summed E-state index contributed by atoms with van der Waals surface area (Å²) in [6, 6.07) is 1.68. The van der Waals surface area contributed by atoms with E-state index in [2.05, 4.69) is 15.0 Å². The van der Waals surface area contributed by atoms with Crippen LogP contribution < -0.4 is 16.4 Å². The molecule has 1 spiro atoms. The van der Waals surface area contributed by atoms with Crippen LogP contribution in [0.15, 0.2) is 28.4 Å². The average Bonchev–Trinajstić information content (AvgIpc) is 3.01. The van der Waals surface area contributed by atoms with Crippen molar-refractivity contribution in [3.63, 3.8) is 0 Å². The van der Waals surface area contributed by atoms with Gasteiger partial charge in [0, 0.05) is 35.6 Å². The molecule has 2 aromatic heterocycles. The lowest BCUT2D eigenvalue weighted by Gasteiger charge is -2.41. The fraction of sp³-hybridized carbons (Fsp3) is 0.474. The molecule has 0 aromatic carbocycles. The first-order chi connectivity index (χ1) is 14.3. The summed E-state index contributed by atoms with van der Waals surface area (Å²) in [4.78, 5) is 27.2. The molecule has 2 fully saturated rings. The summed E-state index contributed by atoms with van der Waals surface area (Å²) >= 11 is 7.37. The molecule has 0 bridgehead atoms. The Kier molecular flexibility index (Phi) is 5.75. The van der Waals surface area contributed by atoms with E-state index in [9.17, 15) is 9.90 Å². The van der Waals surface area contributed by atoms with Crippen molar-refractivity contribution < 1.29 is 14.6 Å². The van der Waals surface area contributed by atoms with Gasteiger partial charge in [0.25, 0.3) is 0 Å². The summed E-state index contributed by atoms with van der Waals surface area (Å²) in [6.45, 7) is 3.95. The summed E-state index contributed by atoms with van der Waals surface area (Å²) < 4.78 is 5.76. The Bertz CT molecular complexity index is 969. The summed E-state index contributed by atoms with van der Waals surface area (Å²) in [5.41, 5.74) is 12.0. The summed E-state index contributed by atoms with van der Waals surface area (Å²) in [5.74, 6) is -0.562. The molecule has 160 valence electrons. The molecule has 2 aliphatic rings. The molecule has 2 atom stereocenters. The Morgan fingerprint density at radius 2 is 2.13 bits per heavy atom. The maximum atomic E-state index is 11.9. The number of carboxylic acid groups (broad SMARTS) is 1. The molecule has 0 amide bonds. The van der Waals surface area contributed by atoms with Gasteiger partial charge < -0.3 is 26.2 Å². The van der Waals surface area contributed by atoms with Gasteiger partial charge in [0.2, 0.25) is 0 Å². The summed E-state index contributed by atoms with van der Waals surface area (Å²) in [5, 5.41) is 10.4. The molecule has 0 radical (unpaired) electrons. The number of nitrogen functional groups attached to an aromatic ring is 1. The number of aromatic carboxylic acids is 1. The zero-order chi connectivity index (χ0) is 21.5. The van der Waals surface area contributed by atoms with Crippen LogP contribution in [0, 0.1) is 5.41 Å². The maximum Gasteiger partial charge on any atom is 0.358 e. The average molecular weight is 451 g/mol. The second-order valence-electron chi connectivity index (χ2n) is 7.69. The minimum Gasteiger partial charge on any atom is -0.476 e. The molecular formula is C19H23ClN6O3S. The first-order valence-corrected chi connectivity index (χ1v) is 10.8. The van der Waals surface area contributed by atoms with E-state index in [1.54, 1.807) is 12.3 Å². The van der Waals surface area contributed by atoms with Crippen LogP contribution in [0.25, 0.3) is 0 Å². The Hall–Kier alpha value is -2.14. The van der Waals surface area contributed by atoms with Crippen molar-refractivity contribution in [2.75, 3.05) is 30.3 Å². The SMILES string of the molecule is C[C@@H]1OCC2(CCN(c3ncc(Sc4ccnc(N)c4Cl)nc3C(=O)O)CC2)[C@@H]1N. The Balaban J connectivity index is 1.55. The van der Waals surface area contributed by atoms with E-state index in [1.165, 1.54) is 18.0 Å². The minimum atomic E-state index is -1.13. The number of anilines is 2. The van der Waals surface area contributed by atoms with Crippen LogP contribution >= 0.6 is 23.4 Å². The highest BCUT2D eigenvalue weighted by molar-refractivity contribution is 7.99. The second kappa shape index (κ2) is 8.18. The number of rotatable bonds is 4. The van der Waals surface area contributed by atoms with Gasteiger partial charge in [0.15, 0.2) is 11.5 Å². The van der Waals surface area contributed by atoms with Crippen molar-refractivity contribution in [2.24, 2.45) is 11.1 Å². The topological polar surface area (TPSA) is 140 Å². The molecule has 0 aliphatic carbocycles. The first kappa shape index (κ1) is 21.1. The monoisotopic (exact) mass is 450 g/mol. The number of hydrogen-bond acceptors (Lipinski definition) is 9. The number of carbonyl (C=O) groups is 1. The highest BCUT2D eigenvalue weighted by atomic mass is 35.5. The summed E-state index contributed by atoms with van der Waals surface area (Å²) in [6.07, 6.45) is 4.77. The van der Waals surface area contributed by atoms with Gasteiger partial charge in [0.1, 0.15) is 10.8 Å². The normalized spacial score (nSPS) is 23.1. The number of pyridine rings is 1. The van der Waals surface area contributed by atoms with Crippen molar-refractivity contribution in [1.82, 2.24) is 15.0 Å². The van der Waals surface area contributed by atoms with Gasteiger partial charge in [0.05, 0.1) is 23.9 Å².